The normalized spacial score (nSPS) is 11.6. The number of hydrogen-bond donors (Lipinski definition) is 0. The van der Waals surface area contributed by atoms with Gasteiger partial charge in [-0.3, -0.25) is 4.57 Å². The number of thiophene rings is 1. The van der Waals surface area contributed by atoms with Crippen LogP contribution in [0.1, 0.15) is 0 Å². The highest BCUT2D eigenvalue weighted by molar-refractivity contribution is 7.26. The summed E-state index contributed by atoms with van der Waals surface area (Å²) >= 11 is 1.79. The van der Waals surface area contributed by atoms with E-state index in [4.69, 9.17) is 15.0 Å². The Morgan fingerprint density at radius 1 is 0.339 bits per heavy atom. The molecular formula is C51H32N4S. The van der Waals surface area contributed by atoms with Crippen LogP contribution in [0.4, 0.5) is 0 Å². The van der Waals surface area contributed by atoms with Gasteiger partial charge in [0.2, 0.25) is 5.95 Å². The van der Waals surface area contributed by atoms with Crippen LogP contribution in [0.15, 0.2) is 194 Å². The van der Waals surface area contributed by atoms with E-state index in [1.54, 1.807) is 11.3 Å². The van der Waals surface area contributed by atoms with Gasteiger partial charge in [-0.1, -0.05) is 158 Å². The van der Waals surface area contributed by atoms with Crippen LogP contribution < -0.4 is 0 Å². The van der Waals surface area contributed by atoms with Gasteiger partial charge in [-0.25, -0.2) is 4.98 Å². The number of fused-ring (bicyclic) bond motifs is 6. The summed E-state index contributed by atoms with van der Waals surface area (Å²) < 4.78 is 4.58. The highest BCUT2D eigenvalue weighted by Gasteiger charge is 2.20. The molecule has 5 heteroatoms. The molecule has 0 aliphatic rings. The maximum atomic E-state index is 5.35. The molecule has 0 bridgehead atoms. The molecule has 0 N–H and O–H groups in total. The molecule has 4 nitrogen and oxygen atoms in total. The van der Waals surface area contributed by atoms with E-state index in [-0.39, 0.29) is 0 Å². The smallest absolute Gasteiger partial charge is 0.238 e. The van der Waals surface area contributed by atoms with E-state index in [0.717, 1.165) is 48.8 Å². The molecule has 8 aromatic carbocycles. The molecule has 11 rings (SSSR count). The molecule has 0 aliphatic heterocycles. The van der Waals surface area contributed by atoms with Crippen molar-refractivity contribution >= 4 is 53.3 Å². The molecule has 0 saturated carbocycles. The van der Waals surface area contributed by atoms with Gasteiger partial charge in [0.05, 0.1) is 11.0 Å². The number of para-hydroxylation sites is 1. The Bertz CT molecular complexity index is 3240. The van der Waals surface area contributed by atoms with Crippen LogP contribution in [0.2, 0.25) is 0 Å². The fourth-order valence-corrected chi connectivity index (χ4v) is 9.15. The molecule has 0 aliphatic carbocycles. The summed E-state index contributed by atoms with van der Waals surface area (Å²) in [5, 5.41) is 4.72. The largest absolute Gasteiger partial charge is 0.278 e. The van der Waals surface area contributed by atoms with E-state index in [2.05, 4.69) is 180 Å². The van der Waals surface area contributed by atoms with Crippen molar-refractivity contribution in [2.45, 2.75) is 0 Å². The molecule has 3 heterocycles. The van der Waals surface area contributed by atoms with Crippen molar-refractivity contribution in [3.05, 3.63) is 194 Å². The maximum absolute atomic E-state index is 5.35. The third kappa shape index (κ3) is 5.48. The van der Waals surface area contributed by atoms with Gasteiger partial charge in [0.25, 0.3) is 0 Å². The third-order valence-corrected chi connectivity index (χ3v) is 11.9. The molecule has 262 valence electrons. The second-order valence-electron chi connectivity index (χ2n) is 14.0. The Morgan fingerprint density at radius 3 is 1.66 bits per heavy atom. The second kappa shape index (κ2) is 13.3. The predicted molar refractivity (Wildman–Crippen MR) is 234 cm³/mol. The second-order valence-corrected chi connectivity index (χ2v) is 15.1. The highest BCUT2D eigenvalue weighted by Crippen LogP contribution is 2.42. The van der Waals surface area contributed by atoms with E-state index >= 15 is 0 Å². The zero-order valence-corrected chi connectivity index (χ0v) is 31.0. The first-order chi connectivity index (χ1) is 27.7. The Kier molecular flexibility index (Phi) is 7.64. The molecule has 3 aromatic heterocycles. The highest BCUT2D eigenvalue weighted by atomic mass is 32.1. The monoisotopic (exact) mass is 732 g/mol. The van der Waals surface area contributed by atoms with Crippen molar-refractivity contribution in [1.82, 2.24) is 19.5 Å². The van der Waals surface area contributed by atoms with Crippen molar-refractivity contribution in [1.29, 1.82) is 0 Å². The average Bonchev–Trinajstić information content (AvgIpc) is 3.82. The molecule has 0 radical (unpaired) electrons. The Hall–Kier alpha value is -7.21. The number of aromatic nitrogens is 4. The zero-order valence-electron chi connectivity index (χ0n) is 30.2. The summed E-state index contributed by atoms with van der Waals surface area (Å²) in [6.45, 7) is 0. The van der Waals surface area contributed by atoms with Crippen molar-refractivity contribution < 1.29 is 0 Å². The fraction of sp³-hybridized carbons (Fsp3) is 0. The summed E-state index contributed by atoms with van der Waals surface area (Å²) in [4.78, 5) is 15.8. The molecule has 0 amide bonds. The van der Waals surface area contributed by atoms with E-state index in [0.29, 0.717) is 17.6 Å². The van der Waals surface area contributed by atoms with Crippen molar-refractivity contribution in [2.24, 2.45) is 0 Å². The van der Waals surface area contributed by atoms with Crippen LogP contribution in [0.5, 0.6) is 0 Å². The van der Waals surface area contributed by atoms with Gasteiger partial charge in [0.1, 0.15) is 0 Å². The lowest BCUT2D eigenvalue weighted by Crippen LogP contribution is -2.06. The quantitative estimate of drug-likeness (QED) is 0.171. The number of hydrogen-bond acceptors (Lipinski definition) is 4. The minimum atomic E-state index is 0.587. The van der Waals surface area contributed by atoms with Gasteiger partial charge in [0, 0.05) is 42.1 Å². The topological polar surface area (TPSA) is 43.6 Å². The van der Waals surface area contributed by atoms with E-state index in [9.17, 15) is 0 Å². The van der Waals surface area contributed by atoms with Gasteiger partial charge in [-0.05, 0) is 69.8 Å². The fourth-order valence-electron chi connectivity index (χ4n) is 7.96. The van der Waals surface area contributed by atoms with Crippen molar-refractivity contribution in [3.63, 3.8) is 0 Å². The summed E-state index contributed by atoms with van der Waals surface area (Å²) in [6.07, 6.45) is 0. The van der Waals surface area contributed by atoms with Crippen LogP contribution in [-0.2, 0) is 0 Å². The molecule has 0 saturated heterocycles. The van der Waals surface area contributed by atoms with E-state index < -0.39 is 0 Å². The molecule has 0 fully saturated rings. The average molecular weight is 733 g/mol. The first-order valence-electron chi connectivity index (χ1n) is 18.8. The lowest BCUT2D eigenvalue weighted by molar-refractivity contribution is 0.954. The minimum absolute atomic E-state index is 0.587. The Labute approximate surface area is 327 Å². The lowest BCUT2D eigenvalue weighted by atomic mass is 9.98. The summed E-state index contributed by atoms with van der Waals surface area (Å²) in [7, 11) is 0. The molecule has 56 heavy (non-hydrogen) atoms. The number of nitrogens with zero attached hydrogens (tertiary/aromatic N) is 4. The predicted octanol–water partition coefficient (Wildman–Crippen LogP) is 13.7. The molecule has 0 unspecified atom stereocenters. The minimum Gasteiger partial charge on any atom is -0.278 e. The molecule has 11 aromatic rings. The van der Waals surface area contributed by atoms with Crippen LogP contribution in [0.3, 0.4) is 0 Å². The van der Waals surface area contributed by atoms with Crippen LogP contribution in [0, 0.1) is 0 Å². The molecule has 0 atom stereocenters. The maximum Gasteiger partial charge on any atom is 0.238 e. The van der Waals surface area contributed by atoms with E-state index in [1.807, 2.05) is 18.2 Å². The summed E-state index contributed by atoms with van der Waals surface area (Å²) in [5.41, 5.74) is 11.1. The van der Waals surface area contributed by atoms with Crippen LogP contribution >= 0.6 is 11.3 Å². The number of rotatable bonds is 6. The third-order valence-electron chi connectivity index (χ3n) is 10.7. The van der Waals surface area contributed by atoms with Crippen molar-refractivity contribution in [2.75, 3.05) is 0 Å². The number of benzene rings is 8. The summed E-state index contributed by atoms with van der Waals surface area (Å²) in [5.74, 6) is 1.87. The van der Waals surface area contributed by atoms with Crippen LogP contribution in [-0.4, -0.2) is 19.5 Å². The molecular weight excluding hydrogens is 701 g/mol. The zero-order chi connectivity index (χ0) is 37.0. The summed E-state index contributed by atoms with van der Waals surface area (Å²) in [6, 6.07) is 68.6. The van der Waals surface area contributed by atoms with Gasteiger partial charge in [0.15, 0.2) is 11.6 Å². The SMILES string of the molecule is c1ccc(-c2cccc(-c3ccc4sc5c(-c6nc(-c7ccccc7)nc(-n7c8ccccc8c8ccc(-c9ccccc9)cc87)n6)cccc5c4c3)c2)cc1. The van der Waals surface area contributed by atoms with Crippen LogP contribution in [0.25, 0.3) is 104 Å². The van der Waals surface area contributed by atoms with Gasteiger partial charge >= 0.3 is 0 Å². The van der Waals surface area contributed by atoms with Crippen molar-refractivity contribution in [3.8, 4) is 62.1 Å². The van der Waals surface area contributed by atoms with Gasteiger partial charge in [-0.15, -0.1) is 11.3 Å². The first kappa shape index (κ1) is 32.2. The first-order valence-corrected chi connectivity index (χ1v) is 19.6. The lowest BCUT2D eigenvalue weighted by Gasteiger charge is -2.12. The van der Waals surface area contributed by atoms with Gasteiger partial charge in [-0.2, -0.15) is 9.97 Å². The standard InChI is InChI=1S/C51H32N4S/c1-4-14-33(15-5-1)36-20-12-21-37(30-36)38-27-29-47-44(31-38)42-23-13-24-43(48(42)56-47)50-52-49(35-18-8-3-9-19-35)53-51(54-50)55-45-25-11-10-22-40(45)41-28-26-39(32-46(41)55)34-16-6-2-7-17-34/h1-32H. The molecule has 0 spiro atoms. The van der Waals surface area contributed by atoms with E-state index in [1.165, 1.54) is 37.7 Å². The Morgan fingerprint density at radius 2 is 0.893 bits per heavy atom. The van der Waals surface area contributed by atoms with Gasteiger partial charge < -0.3 is 0 Å². The Balaban J connectivity index is 1.11.